The Labute approximate surface area is 130 Å². The normalized spacial score (nSPS) is 22.1. The van der Waals surface area contributed by atoms with Crippen LogP contribution >= 0.6 is 15.9 Å². The van der Waals surface area contributed by atoms with Crippen molar-refractivity contribution in [3.05, 3.63) is 28.2 Å². The van der Waals surface area contributed by atoms with Crippen molar-refractivity contribution in [3.63, 3.8) is 0 Å². The molecule has 1 heterocycles. The van der Waals surface area contributed by atoms with Crippen molar-refractivity contribution in [1.29, 1.82) is 0 Å². The number of rotatable bonds is 4. The molecule has 1 saturated heterocycles. The second-order valence-electron chi connectivity index (χ2n) is 6.21. The number of nitrogens with zero attached hydrogens (tertiary/aromatic N) is 2. The van der Waals surface area contributed by atoms with Crippen LogP contribution in [0, 0.1) is 0 Å². The van der Waals surface area contributed by atoms with Crippen LogP contribution in [-0.2, 0) is 6.42 Å². The summed E-state index contributed by atoms with van der Waals surface area (Å²) in [6.45, 7) is 6.77. The first-order valence-electron chi connectivity index (χ1n) is 7.66. The van der Waals surface area contributed by atoms with Crippen LogP contribution in [0.15, 0.2) is 22.7 Å². The van der Waals surface area contributed by atoms with E-state index in [9.17, 15) is 0 Å². The van der Waals surface area contributed by atoms with Gasteiger partial charge in [0, 0.05) is 48.4 Å². The van der Waals surface area contributed by atoms with Crippen LogP contribution in [0.1, 0.15) is 25.3 Å². The molecule has 3 nitrogen and oxygen atoms in total. The minimum atomic E-state index is 0.208. The summed E-state index contributed by atoms with van der Waals surface area (Å²) in [7, 11) is 0. The molecule has 3 rings (SSSR count). The molecule has 4 heteroatoms. The molecule has 2 aliphatic rings. The van der Waals surface area contributed by atoms with Gasteiger partial charge in [-0.2, -0.15) is 0 Å². The first-order chi connectivity index (χ1) is 9.63. The van der Waals surface area contributed by atoms with E-state index in [0.717, 1.165) is 25.6 Å². The van der Waals surface area contributed by atoms with Crippen LogP contribution in [-0.4, -0.2) is 43.2 Å². The van der Waals surface area contributed by atoms with Gasteiger partial charge in [0.25, 0.3) is 0 Å². The molecule has 1 aromatic carbocycles. The molecule has 0 aromatic heterocycles. The van der Waals surface area contributed by atoms with Gasteiger partial charge in [0.15, 0.2) is 0 Å². The molecule has 2 fully saturated rings. The van der Waals surface area contributed by atoms with Crippen molar-refractivity contribution in [1.82, 2.24) is 4.90 Å². The van der Waals surface area contributed by atoms with E-state index in [1.807, 2.05) is 0 Å². The molecule has 1 aliphatic carbocycles. The van der Waals surface area contributed by atoms with Crippen LogP contribution in [0.4, 0.5) is 5.69 Å². The molecule has 0 bridgehead atoms. The molecular formula is C16H24BrN3. The summed E-state index contributed by atoms with van der Waals surface area (Å²) in [5.74, 6) is 0. The fourth-order valence-electron chi connectivity index (χ4n) is 3.03. The van der Waals surface area contributed by atoms with E-state index in [1.54, 1.807) is 0 Å². The number of piperazine rings is 1. The molecule has 1 saturated carbocycles. The Bertz CT molecular complexity index is 463. The second kappa shape index (κ2) is 6.04. The van der Waals surface area contributed by atoms with E-state index in [-0.39, 0.29) is 6.04 Å². The molecule has 2 N–H and O–H groups in total. The van der Waals surface area contributed by atoms with E-state index < -0.39 is 0 Å². The van der Waals surface area contributed by atoms with Crippen molar-refractivity contribution >= 4 is 21.6 Å². The number of hydrogen-bond donors (Lipinski definition) is 1. The van der Waals surface area contributed by atoms with Crippen LogP contribution < -0.4 is 10.6 Å². The lowest BCUT2D eigenvalue weighted by atomic mass is 10.1. The van der Waals surface area contributed by atoms with Crippen molar-refractivity contribution < 1.29 is 0 Å². The Hall–Kier alpha value is -0.580. The average Bonchev–Trinajstić information content (AvgIpc) is 3.25. The summed E-state index contributed by atoms with van der Waals surface area (Å²) < 4.78 is 1.19. The third-order valence-corrected chi connectivity index (χ3v) is 5.06. The maximum absolute atomic E-state index is 5.89. The van der Waals surface area contributed by atoms with E-state index >= 15 is 0 Å². The monoisotopic (exact) mass is 337 g/mol. The Morgan fingerprint density at radius 3 is 2.50 bits per heavy atom. The Morgan fingerprint density at radius 1 is 1.25 bits per heavy atom. The molecule has 1 atom stereocenters. The van der Waals surface area contributed by atoms with Crippen molar-refractivity contribution in [3.8, 4) is 0 Å². The van der Waals surface area contributed by atoms with Gasteiger partial charge in [-0.1, -0.05) is 22.0 Å². The summed E-state index contributed by atoms with van der Waals surface area (Å²) in [6.07, 6.45) is 3.76. The summed E-state index contributed by atoms with van der Waals surface area (Å²) in [4.78, 5) is 5.15. The molecular weight excluding hydrogens is 314 g/mol. The van der Waals surface area contributed by atoms with Crippen LogP contribution in [0.3, 0.4) is 0 Å². The molecule has 110 valence electrons. The molecule has 0 amide bonds. The molecule has 20 heavy (non-hydrogen) atoms. The predicted molar refractivity (Wildman–Crippen MR) is 88.3 cm³/mol. The highest BCUT2D eigenvalue weighted by Crippen LogP contribution is 2.30. The molecule has 1 aliphatic heterocycles. The van der Waals surface area contributed by atoms with Crippen molar-refractivity contribution in [2.75, 3.05) is 31.1 Å². The van der Waals surface area contributed by atoms with E-state index in [2.05, 4.69) is 50.9 Å². The highest BCUT2D eigenvalue weighted by molar-refractivity contribution is 9.10. The smallest absolute Gasteiger partial charge is 0.0378 e. The molecule has 1 unspecified atom stereocenters. The Balaban J connectivity index is 1.63. The van der Waals surface area contributed by atoms with Gasteiger partial charge in [-0.15, -0.1) is 0 Å². The first kappa shape index (κ1) is 14.4. The summed E-state index contributed by atoms with van der Waals surface area (Å²) >= 11 is 3.69. The number of nitrogens with two attached hydrogens (primary N) is 1. The van der Waals surface area contributed by atoms with Crippen LogP contribution in [0.25, 0.3) is 0 Å². The number of hydrogen-bond acceptors (Lipinski definition) is 3. The largest absolute Gasteiger partial charge is 0.369 e. The minimum Gasteiger partial charge on any atom is -0.369 e. The number of benzene rings is 1. The standard InChI is InChI=1S/C16H24BrN3/c1-12(18)10-13-2-3-15(11-16(13)17)20-8-6-19(7-9-20)14-4-5-14/h2-3,11-12,14H,4-10,18H2,1H3. The quantitative estimate of drug-likeness (QED) is 0.916. The fourth-order valence-corrected chi connectivity index (χ4v) is 3.56. The molecule has 1 aromatic rings. The summed E-state index contributed by atoms with van der Waals surface area (Å²) in [5.41, 5.74) is 8.53. The maximum Gasteiger partial charge on any atom is 0.0378 e. The average molecular weight is 338 g/mol. The summed E-state index contributed by atoms with van der Waals surface area (Å²) in [6, 6.07) is 7.83. The number of halogens is 1. The molecule has 0 spiro atoms. The zero-order valence-electron chi connectivity index (χ0n) is 12.2. The van der Waals surface area contributed by atoms with Crippen molar-refractivity contribution in [2.24, 2.45) is 5.73 Å². The summed E-state index contributed by atoms with van der Waals surface area (Å²) in [5, 5.41) is 0. The van der Waals surface area contributed by atoms with Gasteiger partial charge >= 0.3 is 0 Å². The first-order valence-corrected chi connectivity index (χ1v) is 8.46. The van der Waals surface area contributed by atoms with E-state index in [0.29, 0.717) is 0 Å². The molecule has 0 radical (unpaired) electrons. The van der Waals surface area contributed by atoms with Gasteiger partial charge in [0.2, 0.25) is 0 Å². The van der Waals surface area contributed by atoms with Crippen LogP contribution in [0.5, 0.6) is 0 Å². The Morgan fingerprint density at radius 2 is 1.95 bits per heavy atom. The van der Waals surface area contributed by atoms with Gasteiger partial charge < -0.3 is 10.6 Å². The van der Waals surface area contributed by atoms with Gasteiger partial charge in [-0.3, -0.25) is 4.90 Å². The lowest BCUT2D eigenvalue weighted by Crippen LogP contribution is -2.47. The SMILES string of the molecule is CC(N)Cc1ccc(N2CCN(C3CC3)CC2)cc1Br. The topological polar surface area (TPSA) is 32.5 Å². The highest BCUT2D eigenvalue weighted by Gasteiger charge is 2.31. The zero-order chi connectivity index (χ0) is 14.1. The highest BCUT2D eigenvalue weighted by atomic mass is 79.9. The van der Waals surface area contributed by atoms with Gasteiger partial charge in [0.1, 0.15) is 0 Å². The lowest BCUT2D eigenvalue weighted by Gasteiger charge is -2.36. The third-order valence-electron chi connectivity index (χ3n) is 4.32. The second-order valence-corrected chi connectivity index (χ2v) is 7.07. The van der Waals surface area contributed by atoms with Crippen molar-refractivity contribution in [2.45, 2.75) is 38.3 Å². The predicted octanol–water partition coefficient (Wildman–Crippen LogP) is 2.62. The zero-order valence-corrected chi connectivity index (χ0v) is 13.8. The van der Waals surface area contributed by atoms with Gasteiger partial charge in [0.05, 0.1) is 0 Å². The lowest BCUT2D eigenvalue weighted by molar-refractivity contribution is 0.248. The fraction of sp³-hybridized carbons (Fsp3) is 0.625. The van der Waals surface area contributed by atoms with E-state index in [1.165, 1.54) is 41.7 Å². The van der Waals surface area contributed by atoms with Crippen LogP contribution in [0.2, 0.25) is 0 Å². The number of anilines is 1. The van der Waals surface area contributed by atoms with Gasteiger partial charge in [-0.25, -0.2) is 0 Å². The van der Waals surface area contributed by atoms with E-state index in [4.69, 9.17) is 5.73 Å². The minimum absolute atomic E-state index is 0.208. The third kappa shape index (κ3) is 3.35. The van der Waals surface area contributed by atoms with Gasteiger partial charge in [-0.05, 0) is 43.9 Å². The maximum atomic E-state index is 5.89. The Kier molecular flexibility index (Phi) is 4.34.